The normalized spacial score (nSPS) is 16.8. The standard InChI is InChI=1S/C26H35N3O4/c1-25(2,3)32-23(30)28-17-11-10-14-21(28)19-15-16-22(27-18-19)29(20-12-8-7-9-13-20)24(31)33-26(4,5)6/h7-9,12-13,15-16,18,21H,10-11,14,17H2,1-6H3. The van der Waals surface area contributed by atoms with Gasteiger partial charge in [-0.25, -0.2) is 19.5 Å². The molecule has 2 heterocycles. The van der Waals surface area contributed by atoms with Crippen LogP contribution in [0, 0.1) is 0 Å². The third kappa shape index (κ3) is 6.70. The van der Waals surface area contributed by atoms with Crippen LogP contribution < -0.4 is 4.90 Å². The molecule has 0 radical (unpaired) electrons. The second-order valence-corrected chi connectivity index (χ2v) is 10.3. The van der Waals surface area contributed by atoms with E-state index in [-0.39, 0.29) is 12.1 Å². The molecule has 178 valence electrons. The van der Waals surface area contributed by atoms with Gasteiger partial charge in [0.2, 0.25) is 0 Å². The van der Waals surface area contributed by atoms with Crippen molar-refractivity contribution in [3.8, 4) is 0 Å². The number of carbonyl (C=O) groups is 2. The minimum Gasteiger partial charge on any atom is -0.444 e. The van der Waals surface area contributed by atoms with Gasteiger partial charge in [-0.1, -0.05) is 24.3 Å². The number of carbonyl (C=O) groups excluding carboxylic acids is 2. The molecule has 1 fully saturated rings. The first-order chi connectivity index (χ1) is 15.4. The van der Waals surface area contributed by atoms with Crippen LogP contribution in [0.5, 0.6) is 0 Å². The fourth-order valence-corrected chi connectivity index (χ4v) is 3.76. The van der Waals surface area contributed by atoms with Gasteiger partial charge >= 0.3 is 12.2 Å². The third-order valence-corrected chi connectivity index (χ3v) is 5.11. The van der Waals surface area contributed by atoms with Gasteiger partial charge in [-0.2, -0.15) is 0 Å². The number of ether oxygens (including phenoxy) is 2. The largest absolute Gasteiger partial charge is 0.444 e. The van der Waals surface area contributed by atoms with Crippen LogP contribution in [0.2, 0.25) is 0 Å². The maximum absolute atomic E-state index is 13.0. The van der Waals surface area contributed by atoms with E-state index >= 15 is 0 Å². The van der Waals surface area contributed by atoms with Gasteiger partial charge in [-0.3, -0.25) is 0 Å². The lowest BCUT2D eigenvalue weighted by Crippen LogP contribution is -2.41. The Morgan fingerprint density at radius 3 is 2.18 bits per heavy atom. The molecule has 0 bridgehead atoms. The maximum Gasteiger partial charge on any atom is 0.420 e. The van der Waals surface area contributed by atoms with Crippen molar-refractivity contribution in [1.29, 1.82) is 0 Å². The molecule has 1 saturated heterocycles. The number of aromatic nitrogens is 1. The van der Waals surface area contributed by atoms with Crippen LogP contribution in [0.4, 0.5) is 21.1 Å². The summed E-state index contributed by atoms with van der Waals surface area (Å²) in [6.07, 6.45) is 3.75. The van der Waals surface area contributed by atoms with Crippen molar-refractivity contribution >= 4 is 23.7 Å². The number of anilines is 2. The highest BCUT2D eigenvalue weighted by Crippen LogP contribution is 2.33. The van der Waals surface area contributed by atoms with Crippen LogP contribution in [0.15, 0.2) is 48.7 Å². The van der Waals surface area contributed by atoms with Gasteiger partial charge in [0.1, 0.15) is 17.0 Å². The van der Waals surface area contributed by atoms with E-state index in [0.717, 1.165) is 24.8 Å². The van der Waals surface area contributed by atoms with Crippen LogP contribution >= 0.6 is 0 Å². The van der Waals surface area contributed by atoms with E-state index in [4.69, 9.17) is 9.47 Å². The Morgan fingerprint density at radius 1 is 0.939 bits per heavy atom. The molecule has 1 aromatic carbocycles. The smallest absolute Gasteiger partial charge is 0.420 e. The van der Waals surface area contributed by atoms with Crippen LogP contribution in [0.1, 0.15) is 72.4 Å². The monoisotopic (exact) mass is 453 g/mol. The Morgan fingerprint density at radius 2 is 1.61 bits per heavy atom. The summed E-state index contributed by atoms with van der Waals surface area (Å²) < 4.78 is 11.3. The fourth-order valence-electron chi connectivity index (χ4n) is 3.76. The summed E-state index contributed by atoms with van der Waals surface area (Å²) in [6.45, 7) is 11.8. The highest BCUT2D eigenvalue weighted by Gasteiger charge is 2.32. The summed E-state index contributed by atoms with van der Waals surface area (Å²) in [5, 5.41) is 0. The topological polar surface area (TPSA) is 72.0 Å². The maximum atomic E-state index is 13.0. The van der Waals surface area contributed by atoms with Crippen molar-refractivity contribution in [1.82, 2.24) is 9.88 Å². The average molecular weight is 454 g/mol. The molecule has 7 nitrogen and oxygen atoms in total. The molecule has 3 rings (SSSR count). The Hall–Kier alpha value is -3.09. The summed E-state index contributed by atoms with van der Waals surface area (Å²) in [7, 11) is 0. The van der Waals surface area contributed by atoms with Crippen LogP contribution in [-0.2, 0) is 9.47 Å². The van der Waals surface area contributed by atoms with Gasteiger partial charge in [0.05, 0.1) is 11.7 Å². The number of pyridine rings is 1. The summed E-state index contributed by atoms with van der Waals surface area (Å²) in [5.74, 6) is 0.457. The zero-order chi connectivity index (χ0) is 24.2. The highest BCUT2D eigenvalue weighted by atomic mass is 16.6. The van der Waals surface area contributed by atoms with E-state index in [2.05, 4.69) is 4.98 Å². The van der Waals surface area contributed by atoms with Crippen molar-refractivity contribution in [2.24, 2.45) is 0 Å². The lowest BCUT2D eigenvalue weighted by molar-refractivity contribution is 0.00947. The zero-order valence-electron chi connectivity index (χ0n) is 20.5. The first kappa shape index (κ1) is 24.6. The summed E-state index contributed by atoms with van der Waals surface area (Å²) >= 11 is 0. The first-order valence-corrected chi connectivity index (χ1v) is 11.5. The number of rotatable bonds is 3. The lowest BCUT2D eigenvalue weighted by atomic mass is 9.97. The molecule has 7 heteroatoms. The molecule has 0 aliphatic carbocycles. The van der Waals surface area contributed by atoms with Crippen molar-refractivity contribution in [2.45, 2.75) is 78.0 Å². The van der Waals surface area contributed by atoms with Gasteiger partial charge in [-0.05, 0) is 84.6 Å². The Bertz CT molecular complexity index is 946. The van der Waals surface area contributed by atoms with Gasteiger partial charge in [0.25, 0.3) is 0 Å². The summed E-state index contributed by atoms with van der Waals surface area (Å²) in [4.78, 5) is 33.7. The Balaban J connectivity index is 1.88. The molecule has 1 atom stereocenters. The number of benzene rings is 1. The first-order valence-electron chi connectivity index (χ1n) is 11.5. The quantitative estimate of drug-likeness (QED) is 0.522. The molecule has 1 aliphatic rings. The van der Waals surface area contributed by atoms with Gasteiger partial charge < -0.3 is 14.4 Å². The fraction of sp³-hybridized carbons (Fsp3) is 0.500. The van der Waals surface area contributed by atoms with Crippen molar-refractivity contribution in [3.63, 3.8) is 0 Å². The number of nitrogens with zero attached hydrogens (tertiary/aromatic N) is 3. The number of hydrogen-bond donors (Lipinski definition) is 0. The highest BCUT2D eigenvalue weighted by molar-refractivity contribution is 5.95. The third-order valence-electron chi connectivity index (χ3n) is 5.11. The predicted octanol–water partition coefficient (Wildman–Crippen LogP) is 6.62. The van der Waals surface area contributed by atoms with Gasteiger partial charge in [0, 0.05) is 12.7 Å². The zero-order valence-corrected chi connectivity index (χ0v) is 20.5. The van der Waals surface area contributed by atoms with E-state index in [0.29, 0.717) is 18.1 Å². The molecular weight excluding hydrogens is 418 g/mol. The lowest BCUT2D eigenvalue weighted by Gasteiger charge is -2.37. The molecule has 1 aliphatic heterocycles. The predicted molar refractivity (Wildman–Crippen MR) is 129 cm³/mol. The van der Waals surface area contributed by atoms with E-state index < -0.39 is 17.3 Å². The van der Waals surface area contributed by atoms with Gasteiger partial charge in [0.15, 0.2) is 0 Å². The molecule has 33 heavy (non-hydrogen) atoms. The second kappa shape index (κ2) is 9.81. The van der Waals surface area contributed by atoms with Crippen molar-refractivity contribution < 1.29 is 19.1 Å². The van der Waals surface area contributed by atoms with Crippen LogP contribution in [-0.4, -0.2) is 39.8 Å². The summed E-state index contributed by atoms with van der Waals surface area (Å²) in [6, 6.07) is 12.9. The van der Waals surface area contributed by atoms with Crippen molar-refractivity contribution in [3.05, 3.63) is 54.2 Å². The number of piperidine rings is 1. The minimum absolute atomic E-state index is 0.109. The van der Waals surface area contributed by atoms with Crippen molar-refractivity contribution in [2.75, 3.05) is 11.4 Å². The van der Waals surface area contributed by atoms with E-state index in [9.17, 15) is 9.59 Å². The molecule has 2 amide bonds. The number of likely N-dealkylation sites (tertiary alicyclic amines) is 1. The van der Waals surface area contributed by atoms with E-state index in [1.807, 2.05) is 77.9 Å². The second-order valence-electron chi connectivity index (χ2n) is 10.3. The van der Waals surface area contributed by atoms with Crippen LogP contribution in [0.25, 0.3) is 0 Å². The molecule has 1 aromatic heterocycles. The molecular formula is C26H35N3O4. The van der Waals surface area contributed by atoms with E-state index in [1.54, 1.807) is 17.2 Å². The summed E-state index contributed by atoms with van der Waals surface area (Å²) in [5.41, 5.74) is 0.395. The minimum atomic E-state index is -0.639. The number of hydrogen-bond acceptors (Lipinski definition) is 5. The number of amides is 2. The Labute approximate surface area is 196 Å². The molecule has 0 spiro atoms. The SMILES string of the molecule is CC(C)(C)OC(=O)N(c1ccccc1)c1ccc(C2CCCCN2C(=O)OC(C)(C)C)cn1. The molecule has 2 aromatic rings. The molecule has 0 N–H and O–H groups in total. The number of para-hydroxylation sites is 1. The van der Waals surface area contributed by atoms with Gasteiger partial charge in [-0.15, -0.1) is 0 Å². The Kier molecular flexibility index (Phi) is 7.30. The van der Waals surface area contributed by atoms with E-state index in [1.165, 1.54) is 4.90 Å². The van der Waals surface area contributed by atoms with Crippen LogP contribution in [0.3, 0.4) is 0 Å². The average Bonchev–Trinajstić information content (AvgIpc) is 2.73. The molecule has 1 unspecified atom stereocenters. The molecule has 0 saturated carbocycles.